The number of hydrogen-bond donors (Lipinski definition) is 2. The first-order valence-corrected chi connectivity index (χ1v) is 7.85. The van der Waals surface area contributed by atoms with Crippen molar-refractivity contribution in [2.24, 2.45) is 0 Å². The standard InChI is InChI=1S/C17H23N5O/c1-11-3-4-12(2)13(9-11)10-14-15(18)16(19)21-17(20-14)22-5-7-23-8-6-22/h3-4,9H,5-8,10,18H2,1-2H3,(H2,19,20,21). The molecule has 1 aromatic heterocycles. The van der Waals surface area contributed by atoms with Crippen LogP contribution in [0.3, 0.4) is 0 Å². The smallest absolute Gasteiger partial charge is 0.227 e. The minimum absolute atomic E-state index is 0.349. The first kappa shape index (κ1) is 15.6. The summed E-state index contributed by atoms with van der Waals surface area (Å²) in [6.45, 7) is 7.08. The van der Waals surface area contributed by atoms with E-state index in [0.29, 0.717) is 37.1 Å². The first-order chi connectivity index (χ1) is 11.0. The first-order valence-electron chi connectivity index (χ1n) is 7.85. The Morgan fingerprint density at radius 2 is 1.87 bits per heavy atom. The molecule has 4 N–H and O–H groups in total. The van der Waals surface area contributed by atoms with Crippen LogP contribution in [0.25, 0.3) is 0 Å². The molecule has 0 bridgehead atoms. The summed E-state index contributed by atoms with van der Waals surface area (Å²) >= 11 is 0. The molecule has 1 aliphatic rings. The molecule has 0 unspecified atom stereocenters. The minimum Gasteiger partial charge on any atom is -0.394 e. The second kappa shape index (κ2) is 6.42. The Hall–Kier alpha value is -2.34. The van der Waals surface area contributed by atoms with Crippen LogP contribution in [-0.2, 0) is 11.2 Å². The number of anilines is 3. The molecule has 122 valence electrons. The lowest BCUT2D eigenvalue weighted by Gasteiger charge is -2.27. The van der Waals surface area contributed by atoms with Gasteiger partial charge in [-0.15, -0.1) is 0 Å². The van der Waals surface area contributed by atoms with E-state index in [9.17, 15) is 0 Å². The molecule has 0 atom stereocenters. The van der Waals surface area contributed by atoms with Gasteiger partial charge in [-0.25, -0.2) is 4.98 Å². The minimum atomic E-state index is 0.349. The van der Waals surface area contributed by atoms with Gasteiger partial charge in [-0.1, -0.05) is 23.8 Å². The van der Waals surface area contributed by atoms with Crippen LogP contribution in [0.2, 0.25) is 0 Å². The fourth-order valence-electron chi connectivity index (χ4n) is 2.73. The summed E-state index contributed by atoms with van der Waals surface area (Å²) in [7, 11) is 0. The van der Waals surface area contributed by atoms with Gasteiger partial charge in [-0.05, 0) is 25.0 Å². The van der Waals surface area contributed by atoms with Crippen molar-refractivity contribution in [2.75, 3.05) is 42.7 Å². The summed E-state index contributed by atoms with van der Waals surface area (Å²) in [5.41, 5.74) is 17.1. The quantitative estimate of drug-likeness (QED) is 0.896. The van der Waals surface area contributed by atoms with Gasteiger partial charge in [-0.3, -0.25) is 0 Å². The van der Waals surface area contributed by atoms with Crippen LogP contribution < -0.4 is 16.4 Å². The van der Waals surface area contributed by atoms with E-state index in [4.69, 9.17) is 16.2 Å². The SMILES string of the molecule is Cc1ccc(C)c(Cc2nc(N3CCOCC3)nc(N)c2N)c1. The van der Waals surface area contributed by atoms with Crippen LogP contribution in [-0.4, -0.2) is 36.3 Å². The van der Waals surface area contributed by atoms with E-state index in [0.717, 1.165) is 18.8 Å². The third-order valence-electron chi connectivity index (χ3n) is 4.20. The second-order valence-electron chi connectivity index (χ2n) is 5.98. The van der Waals surface area contributed by atoms with Crippen LogP contribution in [0.1, 0.15) is 22.4 Å². The number of hydrogen-bond acceptors (Lipinski definition) is 6. The molecule has 2 heterocycles. The molecule has 1 saturated heterocycles. The lowest BCUT2D eigenvalue weighted by molar-refractivity contribution is 0.122. The molecule has 6 nitrogen and oxygen atoms in total. The predicted molar refractivity (Wildman–Crippen MR) is 92.6 cm³/mol. The van der Waals surface area contributed by atoms with Gasteiger partial charge in [0, 0.05) is 19.5 Å². The van der Waals surface area contributed by atoms with Crippen molar-refractivity contribution in [3.05, 3.63) is 40.6 Å². The molecule has 23 heavy (non-hydrogen) atoms. The maximum absolute atomic E-state index is 6.12. The molecular formula is C17H23N5O. The number of benzene rings is 1. The van der Waals surface area contributed by atoms with E-state index in [1.54, 1.807) is 0 Å². The van der Waals surface area contributed by atoms with Crippen molar-refractivity contribution < 1.29 is 4.74 Å². The lowest BCUT2D eigenvalue weighted by Crippen LogP contribution is -2.37. The third kappa shape index (κ3) is 3.37. The zero-order chi connectivity index (χ0) is 16.4. The summed E-state index contributed by atoms with van der Waals surface area (Å²) < 4.78 is 5.38. The van der Waals surface area contributed by atoms with Crippen molar-refractivity contribution in [1.29, 1.82) is 0 Å². The normalized spacial score (nSPS) is 15.0. The Labute approximate surface area is 136 Å². The van der Waals surface area contributed by atoms with Gasteiger partial charge in [0.1, 0.15) is 0 Å². The zero-order valence-electron chi connectivity index (χ0n) is 13.7. The highest BCUT2D eigenvalue weighted by molar-refractivity contribution is 5.64. The summed E-state index contributed by atoms with van der Waals surface area (Å²) in [6, 6.07) is 6.39. The number of nitrogen functional groups attached to an aromatic ring is 2. The number of nitrogens with zero attached hydrogens (tertiary/aromatic N) is 3. The van der Waals surface area contributed by atoms with Crippen molar-refractivity contribution in [1.82, 2.24) is 9.97 Å². The summed E-state index contributed by atoms with van der Waals surface area (Å²) in [5, 5.41) is 0. The predicted octanol–water partition coefficient (Wildman–Crippen LogP) is 1.69. The van der Waals surface area contributed by atoms with E-state index >= 15 is 0 Å². The highest BCUT2D eigenvalue weighted by atomic mass is 16.5. The Balaban J connectivity index is 1.94. The van der Waals surface area contributed by atoms with Crippen molar-refractivity contribution in [2.45, 2.75) is 20.3 Å². The van der Waals surface area contributed by atoms with Gasteiger partial charge in [0.15, 0.2) is 5.82 Å². The van der Waals surface area contributed by atoms with Gasteiger partial charge in [0.2, 0.25) is 5.95 Å². The monoisotopic (exact) mass is 313 g/mol. The molecule has 0 saturated carbocycles. The second-order valence-corrected chi connectivity index (χ2v) is 5.98. The molecule has 6 heteroatoms. The summed E-state index contributed by atoms with van der Waals surface area (Å²) in [4.78, 5) is 11.1. The fraction of sp³-hybridized carbons (Fsp3) is 0.412. The number of ether oxygens (including phenoxy) is 1. The van der Waals surface area contributed by atoms with Gasteiger partial charge >= 0.3 is 0 Å². The number of morpholine rings is 1. The molecule has 2 aromatic rings. The van der Waals surface area contributed by atoms with Crippen LogP contribution in [0.4, 0.5) is 17.5 Å². The van der Waals surface area contributed by atoms with Gasteiger partial charge in [0.25, 0.3) is 0 Å². The van der Waals surface area contributed by atoms with Crippen molar-refractivity contribution in [3.63, 3.8) is 0 Å². The largest absolute Gasteiger partial charge is 0.394 e. The van der Waals surface area contributed by atoms with E-state index in [-0.39, 0.29) is 0 Å². The Morgan fingerprint density at radius 1 is 1.13 bits per heavy atom. The van der Waals surface area contributed by atoms with Crippen molar-refractivity contribution >= 4 is 17.5 Å². The summed E-state index contributed by atoms with van der Waals surface area (Å²) in [6.07, 6.45) is 0.656. The van der Waals surface area contributed by atoms with E-state index in [1.807, 2.05) is 0 Å². The van der Waals surface area contributed by atoms with Gasteiger partial charge in [-0.2, -0.15) is 4.98 Å². The molecule has 1 aliphatic heterocycles. The van der Waals surface area contributed by atoms with E-state index in [2.05, 4.69) is 46.9 Å². The van der Waals surface area contributed by atoms with Gasteiger partial charge in [0.05, 0.1) is 24.6 Å². The van der Waals surface area contributed by atoms with Crippen LogP contribution >= 0.6 is 0 Å². The third-order valence-corrected chi connectivity index (χ3v) is 4.20. The molecular weight excluding hydrogens is 290 g/mol. The highest BCUT2D eigenvalue weighted by Crippen LogP contribution is 2.24. The maximum Gasteiger partial charge on any atom is 0.227 e. The van der Waals surface area contributed by atoms with Crippen LogP contribution in [0.5, 0.6) is 0 Å². The average Bonchev–Trinajstić information content (AvgIpc) is 2.55. The molecule has 3 rings (SSSR count). The molecule has 0 amide bonds. The molecule has 1 fully saturated rings. The zero-order valence-corrected chi connectivity index (χ0v) is 13.7. The fourth-order valence-corrected chi connectivity index (χ4v) is 2.73. The Morgan fingerprint density at radius 3 is 2.61 bits per heavy atom. The van der Waals surface area contributed by atoms with Crippen LogP contribution in [0.15, 0.2) is 18.2 Å². The maximum atomic E-state index is 6.12. The summed E-state index contributed by atoms with van der Waals surface area (Å²) in [5.74, 6) is 0.988. The Bertz CT molecular complexity index is 710. The molecule has 1 aromatic carbocycles. The molecule has 0 spiro atoms. The number of aryl methyl sites for hydroxylation is 2. The number of aromatic nitrogens is 2. The Kier molecular flexibility index (Phi) is 4.34. The van der Waals surface area contributed by atoms with Crippen molar-refractivity contribution in [3.8, 4) is 0 Å². The average molecular weight is 313 g/mol. The highest BCUT2D eigenvalue weighted by Gasteiger charge is 2.18. The topological polar surface area (TPSA) is 90.3 Å². The van der Waals surface area contributed by atoms with E-state index < -0.39 is 0 Å². The van der Waals surface area contributed by atoms with E-state index in [1.165, 1.54) is 16.7 Å². The van der Waals surface area contributed by atoms with Gasteiger partial charge < -0.3 is 21.1 Å². The number of rotatable bonds is 3. The molecule has 0 aliphatic carbocycles. The lowest BCUT2D eigenvalue weighted by atomic mass is 10.0. The number of nitrogens with two attached hydrogens (primary N) is 2. The van der Waals surface area contributed by atoms with Crippen LogP contribution in [0, 0.1) is 13.8 Å². The molecule has 0 radical (unpaired) electrons.